The molecule has 0 unspecified atom stereocenters. The maximum absolute atomic E-state index is 12.8. The van der Waals surface area contributed by atoms with Crippen LogP contribution in [0.1, 0.15) is 5.56 Å². The molecule has 0 atom stereocenters. The van der Waals surface area contributed by atoms with Gasteiger partial charge in [0.25, 0.3) is 0 Å². The maximum Gasteiger partial charge on any atom is 0.146 e. The second kappa shape index (κ2) is 14.8. The number of hydrogen-bond acceptors (Lipinski definition) is 4. The summed E-state index contributed by atoms with van der Waals surface area (Å²) in [4.78, 5) is 16.3. The molecule has 0 aliphatic heterocycles. The second-order valence-electron chi connectivity index (χ2n) is 20.4. The van der Waals surface area contributed by atoms with Gasteiger partial charge >= 0.3 is 0 Å². The van der Waals surface area contributed by atoms with E-state index in [4.69, 9.17) is 15.0 Å². The predicted octanol–water partition coefficient (Wildman–Crippen LogP) is 17.6. The van der Waals surface area contributed by atoms with Crippen LogP contribution in [-0.2, 0) is 0 Å². The van der Waals surface area contributed by atoms with E-state index in [1.807, 2.05) is 18.6 Å². The first kappa shape index (κ1) is 40.8. The van der Waals surface area contributed by atoms with Gasteiger partial charge in [-0.15, -0.1) is 0 Å². The van der Waals surface area contributed by atoms with Crippen LogP contribution in [0.5, 0.6) is 0 Å². The highest BCUT2D eigenvalue weighted by Crippen LogP contribution is 2.55. The van der Waals surface area contributed by atoms with Crippen LogP contribution in [-0.4, -0.2) is 28.7 Å². The zero-order valence-corrected chi connectivity index (χ0v) is 41.0. The lowest BCUT2D eigenvalue weighted by atomic mass is 9.88. The highest BCUT2D eigenvalue weighted by atomic mass is 15.1. The molecule has 7 heteroatoms. The highest BCUT2D eigenvalue weighted by Gasteiger charge is 2.36. The van der Waals surface area contributed by atoms with E-state index < -0.39 is 0 Å². The number of nitriles is 1. The molecule has 6 aromatic heterocycles. The van der Waals surface area contributed by atoms with Crippen LogP contribution in [0, 0.1) is 11.3 Å². The number of fused-ring (bicyclic) bond motifs is 9. The molecule has 18 aromatic rings. The summed E-state index contributed by atoms with van der Waals surface area (Å²) in [6, 6.07) is 76.8. The van der Waals surface area contributed by atoms with Crippen molar-refractivity contribution in [2.45, 2.75) is 0 Å². The van der Waals surface area contributed by atoms with E-state index in [1.54, 1.807) is 0 Å². The molecule has 18 rings (SSSR count). The lowest BCUT2D eigenvalue weighted by Gasteiger charge is -2.28. The quantitative estimate of drug-likeness (QED) is 0.161. The van der Waals surface area contributed by atoms with Gasteiger partial charge in [-0.25, -0.2) is 15.0 Å². The Hall–Kier alpha value is -10.7. The van der Waals surface area contributed by atoms with Crippen molar-refractivity contribution in [3.8, 4) is 45.4 Å². The van der Waals surface area contributed by atoms with E-state index >= 15 is 0 Å². The average Bonchev–Trinajstić information content (AvgIpc) is 4.32. The lowest BCUT2D eigenvalue weighted by molar-refractivity contribution is 1.06. The van der Waals surface area contributed by atoms with E-state index in [1.165, 1.54) is 21.5 Å². The topological polar surface area (TPSA) is 77.2 Å². The molecular weight excluding hydrogens is 939 g/mol. The molecule has 0 radical (unpaired) electrons. The van der Waals surface area contributed by atoms with Gasteiger partial charge in [-0.05, 0) is 112 Å². The third-order valence-electron chi connectivity index (χ3n) is 16.9. The molecule has 0 saturated carbocycles. The molecule has 0 amide bonds. The molecule has 0 N–H and O–H groups in total. The van der Waals surface area contributed by atoms with Crippen LogP contribution in [0.25, 0.3) is 170 Å². The molecule has 77 heavy (non-hydrogen) atoms. The Morgan fingerprint density at radius 1 is 0.273 bits per heavy atom. The standard InChI is InChI=1S/C70H37N7/c71-38-53-65(75-54-29-13-26-47-41-20-7-10-23-44(41)50-32-35-72-68(75)62(50)59(47)54)57(39-16-3-1-4-17-39)67(77-56-31-15-28-49-43-22-9-12-25-46(43)52-34-37-74-70(77)64(52)61(49)56)58(40-18-5-2-6-19-40)66(53)76-55-30-14-27-48-42-21-8-11-24-45(42)51-33-36-73-69(76)63(51)60(48)55/h1-37H. The van der Waals surface area contributed by atoms with E-state index in [0.717, 1.165) is 148 Å². The zero-order chi connectivity index (χ0) is 50.2. The van der Waals surface area contributed by atoms with Crippen molar-refractivity contribution in [2.75, 3.05) is 0 Å². The largest absolute Gasteiger partial charge is 0.292 e. The predicted molar refractivity (Wildman–Crippen MR) is 317 cm³/mol. The monoisotopic (exact) mass is 975 g/mol. The fourth-order valence-electron chi connectivity index (χ4n) is 14.0. The van der Waals surface area contributed by atoms with E-state index in [2.05, 4.69) is 226 Å². The van der Waals surface area contributed by atoms with Gasteiger partial charge in [0.05, 0.1) is 33.6 Å². The number of benzene rings is 12. The molecule has 0 saturated heterocycles. The Kier molecular flexibility index (Phi) is 7.81. The maximum atomic E-state index is 12.8. The molecular formula is C70H37N7. The summed E-state index contributed by atoms with van der Waals surface area (Å²) in [5.74, 6) is 0. The first-order valence-corrected chi connectivity index (χ1v) is 26.1. The molecule has 0 aliphatic rings. The smallest absolute Gasteiger partial charge is 0.146 e. The van der Waals surface area contributed by atoms with E-state index in [0.29, 0.717) is 5.56 Å². The van der Waals surface area contributed by atoms with Gasteiger partial charge in [-0.2, -0.15) is 5.26 Å². The molecule has 0 spiro atoms. The summed E-state index contributed by atoms with van der Waals surface area (Å²) in [5.41, 5.74) is 11.7. The minimum Gasteiger partial charge on any atom is -0.292 e. The van der Waals surface area contributed by atoms with Crippen molar-refractivity contribution >= 4 is 130 Å². The number of nitrogens with zero attached hydrogens (tertiary/aromatic N) is 7. The summed E-state index contributed by atoms with van der Waals surface area (Å²) in [7, 11) is 0. The van der Waals surface area contributed by atoms with Crippen molar-refractivity contribution in [3.63, 3.8) is 0 Å². The summed E-state index contributed by atoms with van der Waals surface area (Å²) >= 11 is 0. The summed E-state index contributed by atoms with van der Waals surface area (Å²) in [6.45, 7) is 0. The molecule has 0 fully saturated rings. The SMILES string of the molecule is N#Cc1c(-n2c3cccc4c5ccccc5c5ccnc2c5c43)c(-c2ccccc2)c(-n2c3cccc4c5ccccc5c5ccnc2c5c43)c(-c2ccccc2)c1-n1c2cccc3c4ccccc4c4ccnc1c4c32. The van der Waals surface area contributed by atoms with Gasteiger partial charge in [0.15, 0.2) is 0 Å². The molecule has 7 nitrogen and oxygen atoms in total. The van der Waals surface area contributed by atoms with Crippen molar-refractivity contribution in [2.24, 2.45) is 0 Å². The Balaban J connectivity index is 1.17. The van der Waals surface area contributed by atoms with Crippen LogP contribution in [0.15, 0.2) is 225 Å². The summed E-state index contributed by atoms with van der Waals surface area (Å²) in [6.07, 6.45) is 5.83. The van der Waals surface area contributed by atoms with Gasteiger partial charge in [0.2, 0.25) is 0 Å². The average molecular weight is 976 g/mol. The van der Waals surface area contributed by atoms with Gasteiger partial charge in [0, 0.05) is 62.0 Å². The third kappa shape index (κ3) is 5.02. The fourth-order valence-corrected chi connectivity index (χ4v) is 14.0. The molecule has 352 valence electrons. The van der Waals surface area contributed by atoms with Gasteiger partial charge < -0.3 is 0 Å². The number of pyridine rings is 3. The Morgan fingerprint density at radius 3 is 0.883 bits per heavy atom. The third-order valence-corrected chi connectivity index (χ3v) is 16.9. The highest BCUT2D eigenvalue weighted by molar-refractivity contribution is 6.37. The molecule has 6 heterocycles. The first-order valence-electron chi connectivity index (χ1n) is 26.1. The van der Waals surface area contributed by atoms with Crippen LogP contribution >= 0.6 is 0 Å². The Labute approximate surface area is 438 Å². The Bertz CT molecular complexity index is 5070. The Morgan fingerprint density at radius 2 is 0.558 bits per heavy atom. The van der Waals surface area contributed by atoms with E-state index in [-0.39, 0.29) is 0 Å². The van der Waals surface area contributed by atoms with E-state index in [9.17, 15) is 5.26 Å². The molecule has 0 bridgehead atoms. The van der Waals surface area contributed by atoms with Crippen molar-refractivity contribution < 1.29 is 0 Å². The van der Waals surface area contributed by atoms with Gasteiger partial charge in [-0.1, -0.05) is 170 Å². The van der Waals surface area contributed by atoms with Crippen LogP contribution < -0.4 is 0 Å². The summed E-state index contributed by atoms with van der Waals surface area (Å²) in [5, 5.41) is 33.2. The summed E-state index contributed by atoms with van der Waals surface area (Å²) < 4.78 is 7.04. The fraction of sp³-hybridized carbons (Fsp3) is 0. The van der Waals surface area contributed by atoms with Crippen molar-refractivity contribution in [3.05, 3.63) is 230 Å². The van der Waals surface area contributed by atoms with Crippen LogP contribution in [0.3, 0.4) is 0 Å². The normalized spacial score (nSPS) is 12.4. The number of rotatable bonds is 5. The number of hydrogen-bond donors (Lipinski definition) is 0. The molecule has 0 aliphatic carbocycles. The van der Waals surface area contributed by atoms with Crippen LogP contribution in [0.2, 0.25) is 0 Å². The zero-order valence-electron chi connectivity index (χ0n) is 41.0. The lowest BCUT2D eigenvalue weighted by Crippen LogP contribution is -2.14. The van der Waals surface area contributed by atoms with Crippen LogP contribution in [0.4, 0.5) is 0 Å². The van der Waals surface area contributed by atoms with Gasteiger partial charge in [0.1, 0.15) is 28.6 Å². The van der Waals surface area contributed by atoms with Crippen molar-refractivity contribution in [1.82, 2.24) is 28.7 Å². The second-order valence-corrected chi connectivity index (χ2v) is 20.4. The molecule has 12 aromatic carbocycles. The number of aromatic nitrogens is 6. The van der Waals surface area contributed by atoms with Gasteiger partial charge in [-0.3, -0.25) is 13.7 Å². The van der Waals surface area contributed by atoms with Crippen molar-refractivity contribution in [1.29, 1.82) is 5.26 Å². The first-order chi connectivity index (χ1) is 38.3. The minimum absolute atomic E-state index is 0.486. The minimum atomic E-state index is 0.486.